The first-order valence-corrected chi connectivity index (χ1v) is 10.2. The van der Waals surface area contributed by atoms with Crippen LogP contribution in [-0.2, 0) is 6.54 Å². The molecule has 0 unspecified atom stereocenters. The van der Waals surface area contributed by atoms with E-state index in [1.54, 1.807) is 24.1 Å². The minimum Gasteiger partial charge on any atom is -0.497 e. The average molecular weight is 418 g/mol. The second kappa shape index (κ2) is 9.89. The van der Waals surface area contributed by atoms with E-state index in [1.807, 2.05) is 43.1 Å². The number of hydrogen-bond donors (Lipinski definition) is 1. The second-order valence-corrected chi connectivity index (χ2v) is 7.83. The maximum Gasteiger partial charge on any atom is 0.318 e. The third kappa shape index (κ3) is 5.48. The van der Waals surface area contributed by atoms with Gasteiger partial charge in [-0.25, -0.2) is 13.6 Å². The van der Waals surface area contributed by atoms with E-state index >= 15 is 0 Å². The smallest absolute Gasteiger partial charge is 0.318 e. The van der Waals surface area contributed by atoms with Gasteiger partial charge in [0.25, 0.3) is 0 Å². The summed E-state index contributed by atoms with van der Waals surface area (Å²) in [6.07, 6.45) is -0.602. The number of halogens is 2. The maximum absolute atomic E-state index is 14.9. The minimum atomic E-state index is -1.15. The first-order chi connectivity index (χ1) is 14.4. The molecule has 162 valence electrons. The molecule has 0 aromatic heterocycles. The summed E-state index contributed by atoms with van der Waals surface area (Å²) in [6, 6.07) is 12.3. The van der Waals surface area contributed by atoms with Crippen LogP contribution in [0.1, 0.15) is 30.5 Å². The zero-order valence-electron chi connectivity index (χ0n) is 17.6. The highest BCUT2D eigenvalue weighted by Crippen LogP contribution is 2.23. The number of hydrogen-bond acceptors (Lipinski definition) is 3. The summed E-state index contributed by atoms with van der Waals surface area (Å²) < 4.78 is 33.3. The van der Waals surface area contributed by atoms with Crippen molar-refractivity contribution in [3.8, 4) is 5.75 Å². The van der Waals surface area contributed by atoms with Crippen LogP contribution in [0.25, 0.3) is 0 Å². The van der Waals surface area contributed by atoms with Gasteiger partial charge in [-0.2, -0.15) is 0 Å². The van der Waals surface area contributed by atoms with E-state index in [1.165, 1.54) is 12.1 Å². The van der Waals surface area contributed by atoms with E-state index in [9.17, 15) is 13.6 Å². The van der Waals surface area contributed by atoms with Crippen molar-refractivity contribution in [1.29, 1.82) is 0 Å². The molecule has 7 heteroatoms. The molecule has 3 atom stereocenters. The van der Waals surface area contributed by atoms with Crippen molar-refractivity contribution in [3.63, 3.8) is 0 Å². The van der Waals surface area contributed by atoms with Crippen LogP contribution in [0.5, 0.6) is 5.75 Å². The second-order valence-electron chi connectivity index (χ2n) is 7.83. The molecule has 1 aliphatic heterocycles. The molecule has 30 heavy (non-hydrogen) atoms. The van der Waals surface area contributed by atoms with Gasteiger partial charge >= 0.3 is 6.03 Å². The summed E-state index contributed by atoms with van der Waals surface area (Å²) in [4.78, 5) is 16.7. The fraction of sp³-hybridized carbons (Fsp3) is 0.435. The Bertz CT molecular complexity index is 829. The quantitative estimate of drug-likeness (QED) is 0.768. The third-order valence-corrected chi connectivity index (χ3v) is 5.59. The Morgan fingerprint density at radius 3 is 2.50 bits per heavy atom. The highest BCUT2D eigenvalue weighted by molar-refractivity contribution is 5.75. The molecule has 0 bridgehead atoms. The van der Waals surface area contributed by atoms with Crippen LogP contribution in [-0.4, -0.2) is 55.3 Å². The molecule has 2 aromatic carbocycles. The molecular weight excluding hydrogens is 388 g/mol. The zero-order chi connectivity index (χ0) is 21.7. The Kier molecular flexibility index (Phi) is 7.26. The summed E-state index contributed by atoms with van der Waals surface area (Å²) in [7, 11) is 3.47. The Hall–Kier alpha value is -2.67. The highest BCUT2D eigenvalue weighted by atomic mass is 19.1. The van der Waals surface area contributed by atoms with E-state index in [4.69, 9.17) is 4.74 Å². The van der Waals surface area contributed by atoms with Crippen LogP contribution in [0.4, 0.5) is 13.6 Å². The van der Waals surface area contributed by atoms with Gasteiger partial charge in [-0.15, -0.1) is 0 Å². The van der Waals surface area contributed by atoms with Gasteiger partial charge in [-0.3, -0.25) is 0 Å². The molecule has 1 heterocycles. The van der Waals surface area contributed by atoms with Crippen LogP contribution in [0.15, 0.2) is 48.5 Å². The Balaban J connectivity index is 1.77. The number of alkyl halides is 1. The number of piperidine rings is 1. The van der Waals surface area contributed by atoms with Crippen LogP contribution >= 0.6 is 0 Å². The summed E-state index contributed by atoms with van der Waals surface area (Å²) in [5.41, 5.74) is 1.68. The van der Waals surface area contributed by atoms with Crippen LogP contribution in [0.2, 0.25) is 0 Å². The predicted octanol–water partition coefficient (Wildman–Crippen LogP) is 4.15. The van der Waals surface area contributed by atoms with Crippen molar-refractivity contribution in [2.24, 2.45) is 0 Å². The van der Waals surface area contributed by atoms with Gasteiger partial charge in [-0.05, 0) is 55.8 Å². The zero-order valence-corrected chi connectivity index (χ0v) is 17.6. The van der Waals surface area contributed by atoms with Gasteiger partial charge in [0.2, 0.25) is 0 Å². The molecule has 2 aromatic rings. The van der Waals surface area contributed by atoms with Gasteiger partial charge in [0.05, 0.1) is 19.2 Å². The fourth-order valence-electron chi connectivity index (χ4n) is 3.77. The number of carbonyl (C=O) groups excluding carboxylic acids is 1. The predicted molar refractivity (Wildman–Crippen MR) is 113 cm³/mol. The number of nitrogens with one attached hydrogen (secondary N) is 1. The lowest BCUT2D eigenvalue weighted by Crippen LogP contribution is -2.55. The summed E-state index contributed by atoms with van der Waals surface area (Å²) in [5.74, 6) is 0.396. The van der Waals surface area contributed by atoms with Gasteiger partial charge < -0.3 is 19.9 Å². The van der Waals surface area contributed by atoms with Gasteiger partial charge in [-0.1, -0.05) is 24.3 Å². The van der Waals surface area contributed by atoms with Crippen molar-refractivity contribution < 1.29 is 18.3 Å². The molecule has 0 spiro atoms. The van der Waals surface area contributed by atoms with E-state index in [0.29, 0.717) is 13.0 Å². The number of urea groups is 1. The molecule has 5 nitrogen and oxygen atoms in total. The highest BCUT2D eigenvalue weighted by Gasteiger charge is 2.35. The van der Waals surface area contributed by atoms with Crippen molar-refractivity contribution >= 4 is 6.03 Å². The van der Waals surface area contributed by atoms with E-state index in [0.717, 1.165) is 16.9 Å². The molecule has 3 rings (SSSR count). The molecule has 0 radical (unpaired) electrons. The number of ether oxygens (including phenoxy) is 1. The van der Waals surface area contributed by atoms with Gasteiger partial charge in [0, 0.05) is 19.6 Å². The van der Waals surface area contributed by atoms with Crippen molar-refractivity contribution in [3.05, 3.63) is 65.5 Å². The number of benzene rings is 2. The number of carbonyl (C=O) groups is 1. The summed E-state index contributed by atoms with van der Waals surface area (Å²) in [5, 5.41) is 2.99. The maximum atomic E-state index is 14.9. The van der Waals surface area contributed by atoms with E-state index in [2.05, 4.69) is 5.32 Å². The molecule has 1 N–H and O–H groups in total. The van der Waals surface area contributed by atoms with Crippen LogP contribution in [0.3, 0.4) is 0 Å². The standard InChI is InChI=1S/C23H29F2N3O2/c1-16(18-6-10-20(30-3)11-7-18)26-23(29)28(14-17-4-8-19(24)9-5-17)22-12-13-27(2)15-21(22)25/h4-11,16,21-22H,12-15H2,1-3H3,(H,26,29)/t16-,21-,22+/m1/s1. The molecule has 1 fully saturated rings. The molecule has 2 amide bonds. The largest absolute Gasteiger partial charge is 0.497 e. The van der Waals surface area contributed by atoms with Gasteiger partial charge in [0.15, 0.2) is 0 Å². The van der Waals surface area contributed by atoms with Crippen molar-refractivity contribution in [1.82, 2.24) is 15.1 Å². The summed E-state index contributed by atoms with van der Waals surface area (Å²) >= 11 is 0. The minimum absolute atomic E-state index is 0.218. The van der Waals surface area contributed by atoms with Crippen molar-refractivity contribution in [2.45, 2.75) is 38.1 Å². The summed E-state index contributed by atoms with van der Waals surface area (Å²) in [6.45, 7) is 3.10. The number of methoxy groups -OCH3 is 1. The van der Waals surface area contributed by atoms with Gasteiger partial charge in [0.1, 0.15) is 17.7 Å². The number of nitrogens with zero attached hydrogens (tertiary/aromatic N) is 2. The molecule has 0 saturated carbocycles. The van der Waals surface area contributed by atoms with Crippen LogP contribution in [0, 0.1) is 5.82 Å². The lowest BCUT2D eigenvalue weighted by atomic mass is 10.0. The number of likely N-dealkylation sites (tertiary alicyclic amines) is 1. The Morgan fingerprint density at radius 1 is 1.23 bits per heavy atom. The first kappa shape index (κ1) is 22.0. The van der Waals surface area contributed by atoms with Crippen molar-refractivity contribution in [2.75, 3.05) is 27.2 Å². The van der Waals surface area contributed by atoms with E-state index in [-0.39, 0.29) is 31.0 Å². The lowest BCUT2D eigenvalue weighted by Gasteiger charge is -2.40. The van der Waals surface area contributed by atoms with E-state index < -0.39 is 12.2 Å². The molecule has 1 aliphatic rings. The average Bonchev–Trinajstić information content (AvgIpc) is 2.74. The lowest BCUT2D eigenvalue weighted by molar-refractivity contribution is 0.0565. The normalized spacial score (nSPS) is 20.4. The monoisotopic (exact) mass is 417 g/mol. The number of amides is 2. The SMILES string of the molecule is COc1ccc([C@@H](C)NC(=O)N(Cc2ccc(F)cc2)[C@H]2CCN(C)C[C@H]2F)cc1. The Labute approximate surface area is 176 Å². The molecular formula is C23H29F2N3O2. The third-order valence-electron chi connectivity index (χ3n) is 5.59. The molecule has 0 aliphatic carbocycles. The topological polar surface area (TPSA) is 44.8 Å². The molecule has 1 saturated heterocycles. The first-order valence-electron chi connectivity index (χ1n) is 10.2. The fourth-order valence-corrected chi connectivity index (χ4v) is 3.77. The Morgan fingerprint density at radius 2 is 1.90 bits per heavy atom. The number of rotatable bonds is 6. The van der Waals surface area contributed by atoms with Crippen LogP contribution < -0.4 is 10.1 Å².